The van der Waals surface area contributed by atoms with Crippen molar-refractivity contribution in [3.63, 3.8) is 0 Å². The van der Waals surface area contributed by atoms with Crippen LogP contribution >= 0.6 is 0 Å². The minimum atomic E-state index is -1.79. The number of Topliss-reactive ketones (excluding diaryl/α,β-unsaturated/α-hetero) is 2. The number of hydrogen-bond acceptors (Lipinski definition) is 9. The zero-order valence-corrected chi connectivity index (χ0v) is 24.2. The number of carbonyl (C=O) groups excluding carboxylic acids is 6. The van der Waals surface area contributed by atoms with Crippen LogP contribution in [0, 0.1) is 28.6 Å². The number of amides is 1. The molecule has 5 rings (SSSR count). The van der Waals surface area contributed by atoms with Crippen LogP contribution in [0.5, 0.6) is 0 Å². The van der Waals surface area contributed by atoms with E-state index in [0.717, 1.165) is 18.4 Å². The van der Waals surface area contributed by atoms with Crippen molar-refractivity contribution in [1.29, 1.82) is 0 Å². The molecule has 10 heteroatoms. The number of rotatable bonds is 7. The predicted octanol–water partition coefficient (Wildman–Crippen LogP) is 2.48. The van der Waals surface area contributed by atoms with Gasteiger partial charge in [0, 0.05) is 37.1 Å². The Bertz CT molecular complexity index is 1210. The highest BCUT2D eigenvalue weighted by Gasteiger charge is 2.68. The van der Waals surface area contributed by atoms with Gasteiger partial charge in [-0.1, -0.05) is 19.4 Å². The van der Waals surface area contributed by atoms with Crippen LogP contribution in [0.4, 0.5) is 0 Å². The number of ketones is 3. The Labute approximate surface area is 240 Å². The van der Waals surface area contributed by atoms with Crippen molar-refractivity contribution in [3.05, 3.63) is 11.6 Å². The monoisotopic (exact) mass is 571 g/mol. The Morgan fingerprint density at radius 2 is 1.80 bits per heavy atom. The van der Waals surface area contributed by atoms with E-state index < -0.39 is 41.4 Å². The van der Waals surface area contributed by atoms with Crippen LogP contribution in [-0.2, 0) is 38.2 Å². The predicted molar refractivity (Wildman–Crippen MR) is 144 cm³/mol. The third kappa shape index (κ3) is 4.76. The topological polar surface area (TPSA) is 144 Å². The maximum Gasteiger partial charge on any atom is 0.328 e. The van der Waals surface area contributed by atoms with Crippen molar-refractivity contribution >= 4 is 35.2 Å². The van der Waals surface area contributed by atoms with Gasteiger partial charge in [-0.25, -0.2) is 4.79 Å². The molecular formula is C31H41NO9. The van der Waals surface area contributed by atoms with Crippen LogP contribution in [0.3, 0.4) is 0 Å². The van der Waals surface area contributed by atoms with Crippen LogP contribution in [0.15, 0.2) is 11.6 Å². The minimum absolute atomic E-state index is 0.0198. The first-order chi connectivity index (χ1) is 19.4. The zero-order chi connectivity index (χ0) is 29.7. The molecule has 0 bridgehead atoms. The molecule has 1 aliphatic heterocycles. The third-order valence-corrected chi connectivity index (χ3v) is 11.2. The van der Waals surface area contributed by atoms with Crippen molar-refractivity contribution in [1.82, 2.24) is 4.90 Å². The lowest BCUT2D eigenvalue weighted by atomic mass is 9.46. The van der Waals surface area contributed by atoms with E-state index in [0.29, 0.717) is 38.6 Å². The molecule has 1 N–H and O–H groups in total. The molecule has 4 fully saturated rings. The van der Waals surface area contributed by atoms with E-state index >= 15 is 0 Å². The highest BCUT2D eigenvalue weighted by atomic mass is 16.5. The summed E-state index contributed by atoms with van der Waals surface area (Å²) in [6, 6.07) is -0.650. The van der Waals surface area contributed by atoms with Crippen molar-refractivity contribution in [2.75, 3.05) is 20.3 Å². The lowest BCUT2D eigenvalue weighted by molar-refractivity contribution is -0.174. The molecule has 10 nitrogen and oxygen atoms in total. The molecule has 1 saturated heterocycles. The fraction of sp³-hybridized carbons (Fsp3) is 0.742. The van der Waals surface area contributed by atoms with E-state index in [1.807, 2.05) is 6.92 Å². The summed E-state index contributed by atoms with van der Waals surface area (Å²) in [4.78, 5) is 77.6. The summed E-state index contributed by atoms with van der Waals surface area (Å²) in [7, 11) is 1.27. The highest BCUT2D eigenvalue weighted by Crippen LogP contribution is 2.66. The molecule has 0 aromatic rings. The third-order valence-electron chi connectivity index (χ3n) is 11.2. The number of carbonyl (C=O) groups is 6. The molecule has 1 amide bonds. The first-order valence-corrected chi connectivity index (χ1v) is 14.9. The molecule has 0 aromatic carbocycles. The number of aliphatic hydroxyl groups is 1. The summed E-state index contributed by atoms with van der Waals surface area (Å²) in [5.74, 6) is -2.30. The summed E-state index contributed by atoms with van der Waals surface area (Å²) in [6.45, 7) is 3.70. The number of allylic oxidation sites excluding steroid dienone is 1. The van der Waals surface area contributed by atoms with Crippen molar-refractivity contribution in [2.45, 2.75) is 96.1 Å². The van der Waals surface area contributed by atoms with Crippen molar-refractivity contribution in [3.8, 4) is 0 Å². The van der Waals surface area contributed by atoms with Crippen molar-refractivity contribution < 1.29 is 43.3 Å². The quantitative estimate of drug-likeness (QED) is 0.456. The Hall–Kier alpha value is -2.88. The van der Waals surface area contributed by atoms with Gasteiger partial charge in [0.05, 0.1) is 13.5 Å². The molecular weight excluding hydrogens is 530 g/mol. The van der Waals surface area contributed by atoms with Gasteiger partial charge >= 0.3 is 11.9 Å². The Morgan fingerprint density at radius 3 is 2.54 bits per heavy atom. The molecule has 4 aliphatic carbocycles. The first-order valence-electron chi connectivity index (χ1n) is 14.9. The highest BCUT2D eigenvalue weighted by molar-refractivity contribution is 5.95. The van der Waals surface area contributed by atoms with Gasteiger partial charge in [0.25, 0.3) is 0 Å². The van der Waals surface area contributed by atoms with Crippen LogP contribution in [0.25, 0.3) is 0 Å². The number of ether oxygens (including phenoxy) is 2. The van der Waals surface area contributed by atoms with E-state index in [2.05, 4.69) is 6.92 Å². The molecule has 7 atom stereocenters. The number of hydrogen-bond donors (Lipinski definition) is 1. The lowest BCUT2D eigenvalue weighted by Crippen LogP contribution is -2.61. The fourth-order valence-electron chi connectivity index (χ4n) is 8.98. The molecule has 3 saturated carbocycles. The van der Waals surface area contributed by atoms with Crippen LogP contribution in [-0.4, -0.2) is 77.1 Å². The molecule has 224 valence electrons. The Morgan fingerprint density at radius 1 is 1.05 bits per heavy atom. The minimum Gasteiger partial charge on any atom is -0.467 e. The van der Waals surface area contributed by atoms with Gasteiger partial charge in [-0.3, -0.25) is 24.0 Å². The molecule has 0 unspecified atom stereocenters. The summed E-state index contributed by atoms with van der Waals surface area (Å²) in [6.07, 6.45) is 5.92. The number of likely N-dealkylation sites (tertiary alicyclic amines) is 1. The summed E-state index contributed by atoms with van der Waals surface area (Å²) in [5, 5.41) is 11.8. The van der Waals surface area contributed by atoms with Gasteiger partial charge in [-0.15, -0.1) is 0 Å². The van der Waals surface area contributed by atoms with Gasteiger partial charge in [0.1, 0.15) is 17.4 Å². The van der Waals surface area contributed by atoms with Crippen LogP contribution in [0.1, 0.15) is 84.5 Å². The molecule has 41 heavy (non-hydrogen) atoms. The smallest absolute Gasteiger partial charge is 0.328 e. The largest absolute Gasteiger partial charge is 0.467 e. The summed E-state index contributed by atoms with van der Waals surface area (Å²) < 4.78 is 9.97. The number of nitrogens with zero attached hydrogens (tertiary/aromatic N) is 1. The summed E-state index contributed by atoms with van der Waals surface area (Å²) >= 11 is 0. The normalized spacial score (nSPS) is 38.0. The van der Waals surface area contributed by atoms with E-state index in [1.54, 1.807) is 6.08 Å². The standard InChI is InChI=1S/C31H41NO9/c1-29-12-10-19(33)15-18(29)6-7-20-21-11-13-31(39,30(21,2)16-23(34)27(20)29)24(35)17-41-26(37)9-8-25(36)32-14-4-5-22(32)28(38)40-3/h15,20-22,27,39H,4-14,16-17H2,1-3H3/t20-,21-,22+,27-,29+,30+,31+/m1/s1. The van der Waals surface area contributed by atoms with Gasteiger partial charge in [0.15, 0.2) is 12.4 Å². The average Bonchev–Trinajstić information content (AvgIpc) is 3.53. The molecule has 0 spiro atoms. The molecule has 0 radical (unpaired) electrons. The van der Waals surface area contributed by atoms with E-state index in [-0.39, 0.29) is 66.3 Å². The van der Waals surface area contributed by atoms with Crippen LogP contribution in [0.2, 0.25) is 0 Å². The van der Waals surface area contributed by atoms with Gasteiger partial charge in [-0.05, 0) is 68.3 Å². The first kappa shape index (κ1) is 29.6. The zero-order valence-electron chi connectivity index (χ0n) is 24.2. The number of fused-ring (bicyclic) bond motifs is 5. The second-order valence-corrected chi connectivity index (χ2v) is 13.2. The van der Waals surface area contributed by atoms with E-state index in [4.69, 9.17) is 9.47 Å². The average molecular weight is 572 g/mol. The van der Waals surface area contributed by atoms with Crippen molar-refractivity contribution in [2.24, 2.45) is 28.6 Å². The summed E-state index contributed by atoms with van der Waals surface area (Å²) in [5.41, 5.74) is -2.06. The second kappa shape index (κ2) is 10.7. The maximum atomic E-state index is 13.8. The Balaban J connectivity index is 1.20. The second-order valence-electron chi connectivity index (χ2n) is 13.2. The molecule has 0 aromatic heterocycles. The number of methoxy groups -OCH3 is 1. The maximum absolute atomic E-state index is 13.8. The number of esters is 2. The van der Waals surface area contributed by atoms with E-state index in [9.17, 15) is 33.9 Å². The SMILES string of the molecule is COC(=O)[C@@H]1CCCN1C(=O)CCC(=O)OCC(=O)[C@@]1(O)CC[C@@H]2[C@H]3CCC4=CC(=O)CC[C@]4(C)[C@H]3C(=O)C[C@@]21C. The van der Waals surface area contributed by atoms with Gasteiger partial charge in [-0.2, -0.15) is 0 Å². The lowest BCUT2D eigenvalue weighted by Gasteiger charge is -2.57. The van der Waals surface area contributed by atoms with Crippen LogP contribution < -0.4 is 0 Å². The van der Waals surface area contributed by atoms with Gasteiger partial charge < -0.3 is 19.5 Å². The molecule has 1 heterocycles. The van der Waals surface area contributed by atoms with Gasteiger partial charge in [0.2, 0.25) is 11.7 Å². The Kier molecular flexibility index (Phi) is 7.76. The fourth-order valence-corrected chi connectivity index (χ4v) is 8.98. The van der Waals surface area contributed by atoms with E-state index in [1.165, 1.54) is 12.0 Å². The molecule has 5 aliphatic rings.